The summed E-state index contributed by atoms with van der Waals surface area (Å²) in [7, 11) is 0. The molecule has 1 aromatic carbocycles. The molecule has 1 aliphatic rings. The summed E-state index contributed by atoms with van der Waals surface area (Å²) in [4.78, 5) is 4.48. The van der Waals surface area contributed by atoms with E-state index in [-0.39, 0.29) is 17.4 Å². The SMILES string of the molecule is C=C/C=C(\C=C)CC(NC(=C)C1CC1)(c1ccc(Cl)c(C(F)(F)F)c1)c1ccc(Cl)cn1.CC. The molecule has 1 saturated carbocycles. The third kappa shape index (κ3) is 6.55. The fourth-order valence-electron chi connectivity index (χ4n) is 3.62. The lowest BCUT2D eigenvalue weighted by Gasteiger charge is -2.38. The van der Waals surface area contributed by atoms with Crippen LogP contribution in [0.1, 0.15) is 49.9 Å². The van der Waals surface area contributed by atoms with Crippen molar-refractivity contribution in [2.75, 3.05) is 0 Å². The minimum absolute atomic E-state index is 0.252. The van der Waals surface area contributed by atoms with Gasteiger partial charge in [0, 0.05) is 18.3 Å². The predicted octanol–water partition coefficient (Wildman–Crippen LogP) is 8.88. The van der Waals surface area contributed by atoms with Crippen molar-refractivity contribution >= 4 is 23.2 Å². The number of halogens is 5. The fourth-order valence-corrected chi connectivity index (χ4v) is 3.96. The van der Waals surface area contributed by atoms with Crippen LogP contribution < -0.4 is 5.32 Å². The first kappa shape index (κ1) is 27.7. The van der Waals surface area contributed by atoms with Crippen LogP contribution in [0.3, 0.4) is 0 Å². The molecule has 1 atom stereocenters. The van der Waals surface area contributed by atoms with Gasteiger partial charge in [0.05, 0.1) is 21.3 Å². The molecule has 0 amide bonds. The van der Waals surface area contributed by atoms with Crippen LogP contribution in [-0.2, 0) is 11.7 Å². The van der Waals surface area contributed by atoms with Gasteiger partial charge in [0.25, 0.3) is 0 Å². The van der Waals surface area contributed by atoms with Crippen molar-refractivity contribution in [1.82, 2.24) is 10.3 Å². The zero-order chi connectivity index (χ0) is 25.5. The number of pyridine rings is 1. The molecule has 1 N–H and O–H groups in total. The minimum atomic E-state index is -4.61. The molecular weight excluding hydrogens is 480 g/mol. The van der Waals surface area contributed by atoms with E-state index in [0.717, 1.165) is 30.2 Å². The Morgan fingerprint density at radius 1 is 1.15 bits per heavy atom. The molecule has 1 fully saturated rings. The molecule has 0 radical (unpaired) electrons. The zero-order valence-corrected chi connectivity index (χ0v) is 20.9. The van der Waals surface area contributed by atoms with Gasteiger partial charge in [-0.15, -0.1) is 0 Å². The molecule has 2 nitrogen and oxygen atoms in total. The molecule has 3 rings (SSSR count). The van der Waals surface area contributed by atoms with Crippen molar-refractivity contribution in [2.45, 2.75) is 44.8 Å². The molecule has 0 aliphatic heterocycles. The van der Waals surface area contributed by atoms with Gasteiger partial charge in [-0.1, -0.05) is 81.1 Å². The Balaban J connectivity index is 0.00000199. The second-order valence-electron chi connectivity index (χ2n) is 7.74. The summed E-state index contributed by atoms with van der Waals surface area (Å²) in [5, 5.41) is 3.48. The highest BCUT2D eigenvalue weighted by molar-refractivity contribution is 6.31. The lowest BCUT2D eigenvalue weighted by Crippen LogP contribution is -2.44. The van der Waals surface area contributed by atoms with Crippen molar-refractivity contribution in [3.63, 3.8) is 0 Å². The van der Waals surface area contributed by atoms with Gasteiger partial charge in [-0.25, -0.2) is 0 Å². The first-order chi connectivity index (χ1) is 16.1. The summed E-state index contributed by atoms with van der Waals surface area (Å²) >= 11 is 12.0. The average Bonchev–Trinajstić information content (AvgIpc) is 3.65. The number of aromatic nitrogens is 1. The first-order valence-electron chi connectivity index (χ1n) is 11.0. The summed E-state index contributed by atoms with van der Waals surface area (Å²) in [6.07, 6.45) is 4.07. The number of benzene rings is 1. The van der Waals surface area contributed by atoms with Crippen molar-refractivity contribution in [2.24, 2.45) is 5.92 Å². The third-order valence-electron chi connectivity index (χ3n) is 5.44. The maximum Gasteiger partial charge on any atom is 0.417 e. The molecular formula is C27H29Cl2F3N2. The summed E-state index contributed by atoms with van der Waals surface area (Å²) in [5.41, 5.74) is 0.265. The van der Waals surface area contributed by atoms with E-state index in [1.54, 1.807) is 36.4 Å². The molecule has 7 heteroatoms. The van der Waals surface area contributed by atoms with E-state index in [2.05, 4.69) is 30.0 Å². The van der Waals surface area contributed by atoms with Crippen molar-refractivity contribution in [3.05, 3.63) is 113 Å². The highest BCUT2D eigenvalue weighted by atomic mass is 35.5. The summed E-state index contributed by atoms with van der Waals surface area (Å²) in [6.45, 7) is 15.7. The number of nitrogens with one attached hydrogen (secondary N) is 1. The van der Waals surface area contributed by atoms with E-state index < -0.39 is 17.3 Å². The molecule has 1 aliphatic carbocycles. The van der Waals surface area contributed by atoms with Crippen molar-refractivity contribution < 1.29 is 13.2 Å². The van der Waals surface area contributed by atoms with Crippen LogP contribution in [0.15, 0.2) is 85.8 Å². The average molecular weight is 509 g/mol. The van der Waals surface area contributed by atoms with Gasteiger partial charge >= 0.3 is 6.18 Å². The Morgan fingerprint density at radius 3 is 2.32 bits per heavy atom. The summed E-state index contributed by atoms with van der Waals surface area (Å²) in [5.74, 6) is 0.256. The second-order valence-corrected chi connectivity index (χ2v) is 8.59. The maximum atomic E-state index is 13.7. The van der Waals surface area contributed by atoms with E-state index in [0.29, 0.717) is 16.3 Å². The van der Waals surface area contributed by atoms with Crippen LogP contribution in [0, 0.1) is 5.92 Å². The quantitative estimate of drug-likeness (QED) is 0.342. The van der Waals surface area contributed by atoms with E-state index in [9.17, 15) is 13.2 Å². The third-order valence-corrected chi connectivity index (χ3v) is 5.99. The van der Waals surface area contributed by atoms with Crippen LogP contribution in [0.5, 0.6) is 0 Å². The van der Waals surface area contributed by atoms with Gasteiger partial charge < -0.3 is 5.32 Å². The molecule has 1 heterocycles. The first-order valence-corrected chi connectivity index (χ1v) is 11.8. The number of rotatable bonds is 9. The summed E-state index contributed by atoms with van der Waals surface area (Å²) in [6, 6.07) is 7.27. The Labute approximate surface area is 209 Å². The second kappa shape index (κ2) is 11.8. The fraction of sp³-hybridized carbons (Fsp3) is 0.296. The molecule has 1 aromatic heterocycles. The van der Waals surface area contributed by atoms with E-state index in [1.807, 2.05) is 13.8 Å². The molecule has 1 unspecified atom stereocenters. The van der Waals surface area contributed by atoms with Gasteiger partial charge in [0.1, 0.15) is 5.54 Å². The van der Waals surface area contributed by atoms with Crippen molar-refractivity contribution in [1.29, 1.82) is 0 Å². The monoisotopic (exact) mass is 508 g/mol. The Kier molecular flexibility index (Phi) is 9.60. The maximum absolute atomic E-state index is 13.7. The van der Waals surface area contributed by atoms with E-state index in [4.69, 9.17) is 23.2 Å². The van der Waals surface area contributed by atoms with Crippen molar-refractivity contribution in [3.8, 4) is 0 Å². The zero-order valence-electron chi connectivity index (χ0n) is 19.4. The van der Waals surface area contributed by atoms with Crippen LogP contribution >= 0.6 is 23.2 Å². The number of hydrogen-bond donors (Lipinski definition) is 1. The van der Waals surface area contributed by atoms with Crippen LogP contribution in [0.2, 0.25) is 10.0 Å². The molecule has 2 aromatic rings. The predicted molar refractivity (Wildman–Crippen MR) is 136 cm³/mol. The lowest BCUT2D eigenvalue weighted by atomic mass is 9.79. The molecule has 182 valence electrons. The van der Waals surface area contributed by atoms with Crippen LogP contribution in [0.4, 0.5) is 13.2 Å². The highest BCUT2D eigenvalue weighted by Gasteiger charge is 2.41. The van der Waals surface area contributed by atoms with Gasteiger partial charge in [-0.2, -0.15) is 13.2 Å². The van der Waals surface area contributed by atoms with Crippen LogP contribution in [-0.4, -0.2) is 4.98 Å². The smallest absolute Gasteiger partial charge is 0.374 e. The largest absolute Gasteiger partial charge is 0.417 e. The van der Waals surface area contributed by atoms with E-state index >= 15 is 0 Å². The molecule has 0 spiro atoms. The highest BCUT2D eigenvalue weighted by Crippen LogP contribution is 2.44. The summed E-state index contributed by atoms with van der Waals surface area (Å²) < 4.78 is 41.2. The normalized spacial score (nSPS) is 15.4. The van der Waals surface area contributed by atoms with E-state index in [1.165, 1.54) is 12.3 Å². The Hall–Kier alpha value is -2.50. The minimum Gasteiger partial charge on any atom is -0.374 e. The van der Waals surface area contributed by atoms with Crippen LogP contribution in [0.25, 0.3) is 0 Å². The molecule has 34 heavy (non-hydrogen) atoms. The Morgan fingerprint density at radius 2 is 1.82 bits per heavy atom. The Bertz CT molecular complexity index is 1050. The molecule has 0 bridgehead atoms. The molecule has 0 saturated heterocycles. The standard InChI is InChI=1S/C25H23Cl2F3N2.C2H6/c1-4-6-17(5-2)14-24(32-16(3)18-7-8-18,23-12-10-20(26)15-31-23)19-9-11-22(27)21(13-19)25(28,29)30;1-2/h4-6,9-13,15,18,32H,1-3,7-8,14H2;1-2H3/b17-6+;. The number of alkyl halides is 3. The number of allylic oxidation sites excluding steroid dienone is 4. The number of hydrogen-bond acceptors (Lipinski definition) is 2. The van der Waals surface area contributed by atoms with Gasteiger partial charge in [-0.05, 0) is 54.2 Å². The lowest BCUT2D eigenvalue weighted by molar-refractivity contribution is -0.137. The number of nitrogens with zero attached hydrogens (tertiary/aromatic N) is 1. The topological polar surface area (TPSA) is 24.9 Å². The van der Waals surface area contributed by atoms with Gasteiger partial charge in [0.2, 0.25) is 0 Å². The van der Waals surface area contributed by atoms with Gasteiger partial charge in [0.15, 0.2) is 0 Å². The van der Waals surface area contributed by atoms with Gasteiger partial charge in [-0.3, -0.25) is 4.98 Å².